The first-order valence-electron chi connectivity index (χ1n) is 7.44. The summed E-state index contributed by atoms with van der Waals surface area (Å²) in [5.41, 5.74) is 2.97. The highest BCUT2D eigenvalue weighted by molar-refractivity contribution is 5.94. The first-order valence-corrected chi connectivity index (χ1v) is 7.44. The predicted octanol–water partition coefficient (Wildman–Crippen LogP) is 0.936. The molecule has 0 aliphatic carbocycles. The number of fused-ring (bicyclic) bond motifs is 1. The molecule has 8 nitrogen and oxygen atoms in total. The SMILES string of the molecule is O=C(NCCc1ccccc1[N+](=O)[O-])c1n[nH]c2c1CNCC2. The Balaban J connectivity index is 1.62. The molecule has 3 rings (SSSR count). The van der Waals surface area contributed by atoms with Crippen molar-refractivity contribution in [1.29, 1.82) is 0 Å². The molecule has 2 heterocycles. The van der Waals surface area contributed by atoms with Crippen LogP contribution < -0.4 is 10.6 Å². The third-order valence-corrected chi connectivity index (χ3v) is 3.89. The van der Waals surface area contributed by atoms with Crippen LogP contribution in [0.3, 0.4) is 0 Å². The van der Waals surface area contributed by atoms with Gasteiger partial charge in [0.2, 0.25) is 0 Å². The minimum Gasteiger partial charge on any atom is -0.350 e. The molecule has 0 bridgehead atoms. The van der Waals surface area contributed by atoms with Crippen LogP contribution in [-0.4, -0.2) is 34.1 Å². The largest absolute Gasteiger partial charge is 0.350 e. The molecule has 8 heteroatoms. The van der Waals surface area contributed by atoms with E-state index in [2.05, 4.69) is 20.8 Å². The number of carbonyl (C=O) groups is 1. The first-order chi connectivity index (χ1) is 11.2. The third kappa shape index (κ3) is 3.21. The fourth-order valence-corrected chi connectivity index (χ4v) is 2.71. The predicted molar refractivity (Wildman–Crippen MR) is 83.1 cm³/mol. The zero-order valence-corrected chi connectivity index (χ0v) is 12.5. The minimum absolute atomic E-state index is 0.0723. The third-order valence-electron chi connectivity index (χ3n) is 3.89. The zero-order chi connectivity index (χ0) is 16.2. The highest BCUT2D eigenvalue weighted by Gasteiger charge is 2.21. The maximum absolute atomic E-state index is 12.2. The number of nitro groups is 1. The fraction of sp³-hybridized carbons (Fsp3) is 0.333. The number of nitro benzene ring substituents is 1. The molecule has 3 N–H and O–H groups in total. The van der Waals surface area contributed by atoms with E-state index in [0.717, 1.165) is 24.2 Å². The van der Waals surface area contributed by atoms with Gasteiger partial charge >= 0.3 is 0 Å². The lowest BCUT2D eigenvalue weighted by Crippen LogP contribution is -2.29. The Morgan fingerprint density at radius 1 is 1.39 bits per heavy atom. The summed E-state index contributed by atoms with van der Waals surface area (Å²) in [7, 11) is 0. The summed E-state index contributed by atoms with van der Waals surface area (Å²) < 4.78 is 0. The van der Waals surface area contributed by atoms with Crippen molar-refractivity contribution in [3.8, 4) is 0 Å². The van der Waals surface area contributed by atoms with Crippen LogP contribution in [0.15, 0.2) is 24.3 Å². The van der Waals surface area contributed by atoms with Crippen LogP contribution in [0.1, 0.15) is 27.3 Å². The van der Waals surface area contributed by atoms with Crippen LogP contribution in [0.25, 0.3) is 0 Å². The topological polar surface area (TPSA) is 113 Å². The summed E-state index contributed by atoms with van der Waals surface area (Å²) in [5.74, 6) is -0.259. The second kappa shape index (κ2) is 6.57. The van der Waals surface area contributed by atoms with Crippen LogP contribution in [0, 0.1) is 10.1 Å². The van der Waals surface area contributed by atoms with Gasteiger partial charge in [-0.2, -0.15) is 5.10 Å². The Morgan fingerprint density at radius 2 is 2.22 bits per heavy atom. The Hall–Kier alpha value is -2.74. The maximum Gasteiger partial charge on any atom is 0.272 e. The Labute approximate surface area is 132 Å². The molecule has 0 saturated heterocycles. The van der Waals surface area contributed by atoms with Crippen LogP contribution in [-0.2, 0) is 19.4 Å². The summed E-state index contributed by atoms with van der Waals surface area (Å²) in [6, 6.07) is 6.54. The van der Waals surface area contributed by atoms with Gasteiger partial charge in [0.25, 0.3) is 11.6 Å². The Kier molecular flexibility index (Phi) is 4.33. The molecule has 0 saturated carbocycles. The molecule has 120 valence electrons. The highest BCUT2D eigenvalue weighted by Crippen LogP contribution is 2.18. The van der Waals surface area contributed by atoms with E-state index in [1.807, 2.05) is 0 Å². The molecule has 23 heavy (non-hydrogen) atoms. The van der Waals surface area contributed by atoms with Gasteiger partial charge in [-0.25, -0.2) is 0 Å². The van der Waals surface area contributed by atoms with Crippen LogP contribution in [0.2, 0.25) is 0 Å². The minimum atomic E-state index is -0.410. The smallest absolute Gasteiger partial charge is 0.272 e. The van der Waals surface area contributed by atoms with E-state index in [1.165, 1.54) is 6.07 Å². The highest BCUT2D eigenvalue weighted by atomic mass is 16.6. The number of aromatic amines is 1. The number of carbonyl (C=O) groups excluding carboxylic acids is 1. The van der Waals surface area contributed by atoms with E-state index in [9.17, 15) is 14.9 Å². The summed E-state index contributed by atoms with van der Waals surface area (Å²) in [6.45, 7) is 1.81. The van der Waals surface area contributed by atoms with Gasteiger partial charge in [0.1, 0.15) is 0 Å². The normalized spacial score (nSPS) is 13.4. The number of H-pyrrole nitrogens is 1. The van der Waals surface area contributed by atoms with Crippen molar-refractivity contribution < 1.29 is 9.72 Å². The summed E-state index contributed by atoms with van der Waals surface area (Å²) >= 11 is 0. The molecule has 1 aliphatic rings. The molecule has 0 spiro atoms. The average molecular weight is 315 g/mol. The molecule has 2 aromatic rings. The fourth-order valence-electron chi connectivity index (χ4n) is 2.71. The number of benzene rings is 1. The molecule has 1 aliphatic heterocycles. The number of nitrogens with one attached hydrogen (secondary N) is 3. The van der Waals surface area contributed by atoms with Gasteiger partial charge in [0.05, 0.1) is 4.92 Å². The van der Waals surface area contributed by atoms with Gasteiger partial charge in [-0.15, -0.1) is 0 Å². The van der Waals surface area contributed by atoms with E-state index in [-0.39, 0.29) is 11.6 Å². The number of para-hydroxylation sites is 1. The number of amides is 1. The second-order valence-corrected chi connectivity index (χ2v) is 5.35. The van der Waals surface area contributed by atoms with Gasteiger partial charge in [0.15, 0.2) is 5.69 Å². The van der Waals surface area contributed by atoms with Gasteiger partial charge in [-0.05, 0) is 6.42 Å². The standard InChI is InChI=1S/C15H17N5O3/c21-15(14-11-9-16-7-6-12(11)18-19-14)17-8-5-10-3-1-2-4-13(10)20(22)23/h1-4,16H,5-9H2,(H,17,21)(H,18,19). The van der Waals surface area contributed by atoms with Crippen LogP contribution in [0.5, 0.6) is 0 Å². The number of rotatable bonds is 5. The Morgan fingerprint density at radius 3 is 3.04 bits per heavy atom. The van der Waals surface area contributed by atoms with E-state index in [4.69, 9.17) is 0 Å². The molecule has 0 atom stereocenters. The number of nitrogens with zero attached hydrogens (tertiary/aromatic N) is 2. The van der Waals surface area contributed by atoms with Crippen LogP contribution >= 0.6 is 0 Å². The van der Waals surface area contributed by atoms with Crippen molar-refractivity contribution in [3.05, 3.63) is 56.9 Å². The molecule has 1 aromatic carbocycles. The van der Waals surface area contributed by atoms with Crippen LogP contribution in [0.4, 0.5) is 5.69 Å². The van der Waals surface area contributed by atoms with Gasteiger partial charge < -0.3 is 10.6 Å². The molecule has 1 amide bonds. The van der Waals surface area contributed by atoms with E-state index >= 15 is 0 Å². The Bertz CT molecular complexity index is 740. The number of hydrogen-bond donors (Lipinski definition) is 3. The number of hydrogen-bond acceptors (Lipinski definition) is 5. The van der Waals surface area contributed by atoms with E-state index < -0.39 is 4.92 Å². The lowest BCUT2D eigenvalue weighted by Gasteiger charge is -2.12. The second-order valence-electron chi connectivity index (χ2n) is 5.35. The maximum atomic E-state index is 12.2. The van der Waals surface area contributed by atoms with Crippen molar-refractivity contribution in [2.75, 3.05) is 13.1 Å². The monoisotopic (exact) mass is 315 g/mol. The van der Waals surface area contributed by atoms with Gasteiger partial charge in [0, 0.05) is 48.9 Å². The molecular formula is C15H17N5O3. The molecule has 1 aromatic heterocycles. The molecule has 0 radical (unpaired) electrons. The zero-order valence-electron chi connectivity index (χ0n) is 12.5. The summed E-state index contributed by atoms with van der Waals surface area (Å²) in [5, 5.41) is 23.9. The van der Waals surface area contributed by atoms with Gasteiger partial charge in [-0.3, -0.25) is 20.0 Å². The molecule has 0 unspecified atom stereocenters. The quantitative estimate of drug-likeness (QED) is 0.561. The van der Waals surface area contributed by atoms with Crippen molar-refractivity contribution in [3.63, 3.8) is 0 Å². The van der Waals surface area contributed by atoms with Crippen molar-refractivity contribution in [2.24, 2.45) is 0 Å². The first kappa shape index (κ1) is 15.2. The summed E-state index contributed by atoms with van der Waals surface area (Å²) in [6.07, 6.45) is 1.22. The molecular weight excluding hydrogens is 298 g/mol. The van der Waals surface area contributed by atoms with Crippen molar-refractivity contribution in [1.82, 2.24) is 20.8 Å². The summed E-state index contributed by atoms with van der Waals surface area (Å²) in [4.78, 5) is 22.8. The van der Waals surface area contributed by atoms with Crippen molar-refractivity contribution in [2.45, 2.75) is 19.4 Å². The lowest BCUT2D eigenvalue weighted by atomic mass is 10.1. The van der Waals surface area contributed by atoms with Crippen molar-refractivity contribution >= 4 is 11.6 Å². The molecule has 0 fully saturated rings. The number of aromatic nitrogens is 2. The average Bonchev–Trinajstić information content (AvgIpc) is 2.99. The lowest BCUT2D eigenvalue weighted by molar-refractivity contribution is -0.385. The van der Waals surface area contributed by atoms with E-state index in [0.29, 0.717) is 30.8 Å². The van der Waals surface area contributed by atoms with Gasteiger partial charge in [-0.1, -0.05) is 18.2 Å². The van der Waals surface area contributed by atoms with E-state index in [1.54, 1.807) is 18.2 Å².